The van der Waals surface area contributed by atoms with E-state index in [9.17, 15) is 5.11 Å². The Morgan fingerprint density at radius 2 is 1.90 bits per heavy atom. The summed E-state index contributed by atoms with van der Waals surface area (Å²) in [6.45, 7) is 5.22. The molecule has 0 atom stereocenters. The molecule has 0 unspecified atom stereocenters. The van der Waals surface area contributed by atoms with Gasteiger partial charge in [0.2, 0.25) is 0 Å². The molecular formula is C17H22N2OS. The van der Waals surface area contributed by atoms with Crippen molar-refractivity contribution >= 4 is 21.4 Å². The minimum absolute atomic E-state index is 0.0693. The first-order chi connectivity index (χ1) is 10.3. The summed E-state index contributed by atoms with van der Waals surface area (Å²) in [4.78, 5) is 5.03. The summed E-state index contributed by atoms with van der Waals surface area (Å²) in [7, 11) is 0. The maximum atomic E-state index is 9.42. The molecule has 4 rings (SSSR count). The lowest BCUT2D eigenvalue weighted by atomic mass is 9.98. The Labute approximate surface area is 129 Å². The molecular weight excluding hydrogens is 280 g/mol. The minimum Gasteiger partial charge on any atom is -0.390 e. The first kappa shape index (κ1) is 13.7. The van der Waals surface area contributed by atoms with Crippen LogP contribution in [0.2, 0.25) is 0 Å². The van der Waals surface area contributed by atoms with Gasteiger partial charge in [0.05, 0.1) is 6.10 Å². The summed E-state index contributed by atoms with van der Waals surface area (Å²) < 4.78 is 1.40. The lowest BCUT2D eigenvalue weighted by Gasteiger charge is -2.45. The lowest BCUT2D eigenvalue weighted by molar-refractivity contribution is -0.0401. The van der Waals surface area contributed by atoms with Gasteiger partial charge in [-0.25, -0.2) is 0 Å². The Morgan fingerprint density at radius 3 is 2.67 bits per heavy atom. The Bertz CT molecular complexity index is 612. The van der Waals surface area contributed by atoms with Gasteiger partial charge in [0.1, 0.15) is 0 Å². The number of likely N-dealkylation sites (tertiary alicyclic amines) is 2. The Kier molecular flexibility index (Phi) is 3.71. The third-order valence-electron chi connectivity index (χ3n) is 4.92. The third kappa shape index (κ3) is 2.73. The van der Waals surface area contributed by atoms with Gasteiger partial charge in [-0.1, -0.05) is 18.2 Å². The van der Waals surface area contributed by atoms with Gasteiger partial charge >= 0.3 is 0 Å². The van der Waals surface area contributed by atoms with Crippen LogP contribution >= 0.6 is 11.3 Å². The second-order valence-electron chi connectivity index (χ2n) is 6.37. The van der Waals surface area contributed by atoms with E-state index in [4.69, 9.17) is 0 Å². The van der Waals surface area contributed by atoms with Crippen molar-refractivity contribution in [2.45, 2.75) is 31.5 Å². The van der Waals surface area contributed by atoms with Gasteiger partial charge in [0, 0.05) is 30.4 Å². The van der Waals surface area contributed by atoms with E-state index in [2.05, 4.69) is 39.4 Å². The summed E-state index contributed by atoms with van der Waals surface area (Å²) in [6, 6.07) is 9.42. The summed E-state index contributed by atoms with van der Waals surface area (Å²) in [5.74, 6) is 0. The molecule has 2 fully saturated rings. The maximum absolute atomic E-state index is 9.42. The van der Waals surface area contributed by atoms with Crippen molar-refractivity contribution in [3.05, 3.63) is 35.2 Å². The molecule has 0 amide bonds. The van der Waals surface area contributed by atoms with Gasteiger partial charge in [-0.3, -0.25) is 9.80 Å². The summed E-state index contributed by atoms with van der Waals surface area (Å²) in [5.41, 5.74) is 1.48. The van der Waals surface area contributed by atoms with Gasteiger partial charge in [-0.05, 0) is 48.3 Å². The number of benzene rings is 1. The van der Waals surface area contributed by atoms with E-state index in [1.807, 2.05) is 11.3 Å². The molecule has 112 valence electrons. The number of β-amino-alcohol motifs (C(OH)–C–C–N with tert-alkyl or cyclic N) is 1. The topological polar surface area (TPSA) is 26.7 Å². The Morgan fingerprint density at radius 1 is 1.14 bits per heavy atom. The molecule has 2 aliphatic heterocycles. The molecule has 0 radical (unpaired) electrons. The van der Waals surface area contributed by atoms with Crippen molar-refractivity contribution in [1.82, 2.24) is 9.80 Å². The van der Waals surface area contributed by atoms with Crippen LogP contribution < -0.4 is 0 Å². The summed E-state index contributed by atoms with van der Waals surface area (Å²) >= 11 is 1.86. The van der Waals surface area contributed by atoms with E-state index < -0.39 is 0 Å². The largest absolute Gasteiger partial charge is 0.390 e. The van der Waals surface area contributed by atoms with E-state index in [0.29, 0.717) is 6.04 Å². The molecule has 4 heteroatoms. The molecule has 1 N–H and O–H groups in total. The quantitative estimate of drug-likeness (QED) is 0.944. The minimum atomic E-state index is -0.0693. The highest BCUT2D eigenvalue weighted by Crippen LogP contribution is 2.28. The van der Waals surface area contributed by atoms with E-state index >= 15 is 0 Å². The summed E-state index contributed by atoms with van der Waals surface area (Å²) in [6.07, 6.45) is 2.42. The predicted molar refractivity (Wildman–Crippen MR) is 87.7 cm³/mol. The fourth-order valence-electron chi connectivity index (χ4n) is 3.62. The Hall–Kier alpha value is -0.940. The van der Waals surface area contributed by atoms with Gasteiger partial charge in [-0.15, -0.1) is 11.3 Å². The van der Waals surface area contributed by atoms with Gasteiger partial charge in [0.25, 0.3) is 0 Å². The van der Waals surface area contributed by atoms with Crippen LogP contribution in [0, 0.1) is 0 Å². The zero-order valence-corrected chi connectivity index (χ0v) is 13.1. The van der Waals surface area contributed by atoms with Crippen LogP contribution in [0.1, 0.15) is 18.4 Å². The normalized spacial score (nSPS) is 22.7. The zero-order valence-electron chi connectivity index (χ0n) is 12.2. The van der Waals surface area contributed by atoms with Crippen molar-refractivity contribution in [3.8, 4) is 0 Å². The number of hydrogen-bond donors (Lipinski definition) is 1. The molecule has 3 nitrogen and oxygen atoms in total. The molecule has 2 aromatic rings. The number of rotatable bonds is 3. The van der Waals surface area contributed by atoms with Crippen LogP contribution in [0.15, 0.2) is 29.6 Å². The highest BCUT2D eigenvalue weighted by molar-refractivity contribution is 7.17. The number of nitrogens with zero attached hydrogens (tertiary/aromatic N) is 2. The fraction of sp³-hybridized carbons (Fsp3) is 0.529. The molecule has 0 aliphatic carbocycles. The van der Waals surface area contributed by atoms with Crippen LogP contribution in [0.5, 0.6) is 0 Å². The molecule has 0 spiro atoms. The van der Waals surface area contributed by atoms with Crippen LogP contribution in [0.3, 0.4) is 0 Å². The van der Waals surface area contributed by atoms with E-state index in [-0.39, 0.29) is 6.10 Å². The average molecular weight is 302 g/mol. The number of thiophene rings is 1. The molecule has 0 bridgehead atoms. The van der Waals surface area contributed by atoms with E-state index in [1.54, 1.807) is 0 Å². The van der Waals surface area contributed by atoms with Crippen molar-refractivity contribution in [2.24, 2.45) is 0 Å². The number of piperidine rings is 1. The zero-order chi connectivity index (χ0) is 14.2. The highest BCUT2D eigenvalue weighted by atomic mass is 32.1. The van der Waals surface area contributed by atoms with E-state index in [1.165, 1.54) is 41.6 Å². The van der Waals surface area contributed by atoms with Gasteiger partial charge < -0.3 is 5.11 Å². The maximum Gasteiger partial charge on any atom is 0.0794 e. The first-order valence-electron chi connectivity index (χ1n) is 7.89. The van der Waals surface area contributed by atoms with Crippen LogP contribution in [0.25, 0.3) is 10.1 Å². The second kappa shape index (κ2) is 5.69. The van der Waals surface area contributed by atoms with Crippen molar-refractivity contribution in [3.63, 3.8) is 0 Å². The van der Waals surface area contributed by atoms with Crippen LogP contribution in [-0.2, 0) is 6.54 Å². The summed E-state index contributed by atoms with van der Waals surface area (Å²) in [5, 5.41) is 13.2. The van der Waals surface area contributed by atoms with Crippen molar-refractivity contribution in [1.29, 1.82) is 0 Å². The standard InChI is InChI=1S/C17H22N2OS/c20-15-10-19(11-15)14-5-7-18(8-6-14)9-13-12-21-17-4-2-1-3-16(13)17/h1-4,12,14-15,20H,5-11H2. The molecule has 2 saturated heterocycles. The number of fused-ring (bicyclic) bond motifs is 1. The number of aliphatic hydroxyl groups is 1. The third-order valence-corrected chi connectivity index (χ3v) is 5.93. The molecule has 1 aromatic carbocycles. The monoisotopic (exact) mass is 302 g/mol. The fourth-order valence-corrected chi connectivity index (χ4v) is 4.58. The Balaban J connectivity index is 1.36. The van der Waals surface area contributed by atoms with Crippen molar-refractivity contribution < 1.29 is 5.11 Å². The SMILES string of the molecule is OC1CN(C2CCN(Cc3csc4ccccc34)CC2)C1. The van der Waals surface area contributed by atoms with Gasteiger partial charge in [-0.2, -0.15) is 0 Å². The second-order valence-corrected chi connectivity index (χ2v) is 7.28. The molecule has 1 aromatic heterocycles. The van der Waals surface area contributed by atoms with E-state index in [0.717, 1.165) is 19.6 Å². The lowest BCUT2D eigenvalue weighted by Crippen LogP contribution is -2.57. The van der Waals surface area contributed by atoms with Crippen molar-refractivity contribution in [2.75, 3.05) is 26.2 Å². The highest BCUT2D eigenvalue weighted by Gasteiger charge is 2.32. The smallest absolute Gasteiger partial charge is 0.0794 e. The molecule has 0 saturated carbocycles. The number of aliphatic hydroxyl groups excluding tert-OH is 1. The molecule has 3 heterocycles. The molecule has 2 aliphatic rings. The first-order valence-corrected chi connectivity index (χ1v) is 8.77. The average Bonchev–Trinajstić information content (AvgIpc) is 2.89. The number of hydrogen-bond acceptors (Lipinski definition) is 4. The van der Waals surface area contributed by atoms with Crippen LogP contribution in [-0.4, -0.2) is 53.2 Å². The van der Waals surface area contributed by atoms with Crippen LogP contribution in [0.4, 0.5) is 0 Å². The predicted octanol–water partition coefficient (Wildman–Crippen LogP) is 2.54. The molecule has 21 heavy (non-hydrogen) atoms. The van der Waals surface area contributed by atoms with Gasteiger partial charge in [0.15, 0.2) is 0 Å².